The van der Waals surface area contributed by atoms with Crippen molar-refractivity contribution in [3.05, 3.63) is 26.7 Å². The molecule has 13 heavy (non-hydrogen) atoms. The molecule has 0 amide bonds. The van der Waals surface area contributed by atoms with E-state index in [2.05, 4.69) is 5.18 Å². The van der Waals surface area contributed by atoms with Gasteiger partial charge in [-0.3, -0.25) is 0 Å². The van der Waals surface area contributed by atoms with E-state index in [1.807, 2.05) is 22.6 Å². The van der Waals surface area contributed by atoms with Crippen LogP contribution in [-0.2, 0) is 10.0 Å². The van der Waals surface area contributed by atoms with Crippen molar-refractivity contribution in [2.45, 2.75) is 4.90 Å². The van der Waals surface area contributed by atoms with Gasteiger partial charge in [-0.15, -0.1) is 4.91 Å². The summed E-state index contributed by atoms with van der Waals surface area (Å²) in [5, 5.41) is 7.52. The highest BCUT2D eigenvalue weighted by Gasteiger charge is 2.12. The summed E-state index contributed by atoms with van der Waals surface area (Å²) in [6.45, 7) is 0. The zero-order valence-electron chi connectivity index (χ0n) is 6.27. The summed E-state index contributed by atoms with van der Waals surface area (Å²) in [5.41, 5.74) is 0.0458. The van der Waals surface area contributed by atoms with E-state index < -0.39 is 10.0 Å². The molecule has 0 saturated carbocycles. The van der Waals surface area contributed by atoms with E-state index >= 15 is 0 Å². The highest BCUT2D eigenvalue weighted by Crippen LogP contribution is 2.22. The summed E-state index contributed by atoms with van der Waals surface area (Å²) in [4.78, 5) is 10.0. The first-order chi connectivity index (χ1) is 5.95. The Morgan fingerprint density at radius 3 is 2.46 bits per heavy atom. The summed E-state index contributed by atoms with van der Waals surface area (Å²) in [6, 6.07) is 4.03. The number of nitroso groups, excluding NO2 is 1. The van der Waals surface area contributed by atoms with Gasteiger partial charge in [0.25, 0.3) is 0 Å². The molecule has 5 nitrogen and oxygen atoms in total. The first kappa shape index (κ1) is 10.5. The van der Waals surface area contributed by atoms with Gasteiger partial charge in [0.15, 0.2) is 0 Å². The number of rotatable bonds is 2. The van der Waals surface area contributed by atoms with Crippen molar-refractivity contribution in [1.29, 1.82) is 0 Å². The molecule has 0 bridgehead atoms. The lowest BCUT2D eigenvalue weighted by molar-refractivity contribution is 0.597. The fourth-order valence-corrected chi connectivity index (χ4v) is 2.65. The molecule has 0 spiro atoms. The van der Waals surface area contributed by atoms with Crippen LogP contribution in [0, 0.1) is 8.48 Å². The van der Waals surface area contributed by atoms with Crippen LogP contribution in [0.25, 0.3) is 0 Å². The lowest BCUT2D eigenvalue weighted by atomic mass is 10.3. The third-order valence-corrected chi connectivity index (χ3v) is 3.58. The van der Waals surface area contributed by atoms with Gasteiger partial charge in [-0.05, 0) is 46.0 Å². The highest BCUT2D eigenvalue weighted by atomic mass is 127. The quantitative estimate of drug-likeness (QED) is 0.660. The number of nitrogens with zero attached hydrogens (tertiary/aromatic N) is 1. The van der Waals surface area contributed by atoms with Crippen LogP contribution in [0.3, 0.4) is 0 Å². The Hall–Kier alpha value is -0.540. The minimum atomic E-state index is -3.77. The van der Waals surface area contributed by atoms with Gasteiger partial charge in [-0.1, -0.05) is 0 Å². The molecule has 1 aromatic carbocycles. The molecule has 0 fully saturated rings. The first-order valence-corrected chi connectivity index (χ1v) is 5.73. The predicted octanol–water partition coefficient (Wildman–Crippen LogP) is 1.34. The minimum Gasteiger partial charge on any atom is -0.225 e. The topological polar surface area (TPSA) is 89.6 Å². The molecule has 0 aliphatic rings. The predicted molar refractivity (Wildman–Crippen MR) is 56.0 cm³/mol. The van der Waals surface area contributed by atoms with Gasteiger partial charge in [-0.2, -0.15) is 0 Å². The number of primary sulfonamides is 1. The number of hydrogen-bond donors (Lipinski definition) is 1. The molecule has 0 radical (unpaired) electrons. The van der Waals surface area contributed by atoms with Crippen LogP contribution < -0.4 is 5.14 Å². The maximum atomic E-state index is 11.0. The van der Waals surface area contributed by atoms with Crippen LogP contribution in [0.2, 0.25) is 0 Å². The third-order valence-electron chi connectivity index (χ3n) is 1.33. The number of hydrogen-bond acceptors (Lipinski definition) is 4. The van der Waals surface area contributed by atoms with Crippen LogP contribution in [-0.4, -0.2) is 8.42 Å². The van der Waals surface area contributed by atoms with E-state index in [0.29, 0.717) is 3.57 Å². The number of halogens is 1. The molecule has 7 heteroatoms. The Balaban J connectivity index is 3.44. The van der Waals surface area contributed by atoms with Crippen molar-refractivity contribution in [3.63, 3.8) is 0 Å². The van der Waals surface area contributed by atoms with Crippen molar-refractivity contribution in [2.24, 2.45) is 10.3 Å². The molecule has 0 unspecified atom stereocenters. The van der Waals surface area contributed by atoms with Crippen molar-refractivity contribution in [1.82, 2.24) is 0 Å². The van der Waals surface area contributed by atoms with E-state index in [4.69, 9.17) is 5.14 Å². The number of sulfonamides is 1. The normalized spacial score (nSPS) is 11.2. The van der Waals surface area contributed by atoms with Crippen molar-refractivity contribution < 1.29 is 8.42 Å². The average Bonchev–Trinajstić information content (AvgIpc) is 2.03. The first-order valence-electron chi connectivity index (χ1n) is 3.11. The molecule has 0 aromatic heterocycles. The molecule has 1 rings (SSSR count). The van der Waals surface area contributed by atoms with E-state index in [1.165, 1.54) is 12.1 Å². The molecule has 2 N–H and O–H groups in total. The van der Waals surface area contributed by atoms with Gasteiger partial charge >= 0.3 is 0 Å². The zero-order valence-corrected chi connectivity index (χ0v) is 9.24. The molecule has 0 heterocycles. The smallest absolute Gasteiger partial charge is 0.225 e. The molecule has 0 atom stereocenters. The van der Waals surface area contributed by atoms with Crippen molar-refractivity contribution in [3.8, 4) is 0 Å². The molecular weight excluding hydrogens is 307 g/mol. The number of nitrogens with two attached hydrogens (primary N) is 1. The minimum absolute atomic E-state index is 0.0458. The van der Waals surface area contributed by atoms with Gasteiger partial charge in [0, 0.05) is 3.57 Å². The van der Waals surface area contributed by atoms with Gasteiger partial charge in [0.05, 0.1) is 4.90 Å². The molecule has 0 aliphatic heterocycles. The lowest BCUT2D eigenvalue weighted by Gasteiger charge is -2.00. The van der Waals surface area contributed by atoms with Crippen molar-refractivity contribution in [2.75, 3.05) is 0 Å². The Kier molecular flexibility index (Phi) is 2.98. The van der Waals surface area contributed by atoms with Crippen LogP contribution in [0.5, 0.6) is 0 Å². The molecule has 70 valence electrons. The van der Waals surface area contributed by atoms with E-state index in [1.54, 1.807) is 0 Å². The standard InChI is InChI=1S/C6H5IN2O3S/c7-5-2-1-4(9-10)3-6(5)13(8,11)12/h1-3H,(H2,8,11,12). The Bertz CT molecular complexity index is 443. The molecule has 0 saturated heterocycles. The summed E-state index contributed by atoms with van der Waals surface area (Å²) in [7, 11) is -3.77. The second-order valence-corrected chi connectivity index (χ2v) is 4.94. The van der Waals surface area contributed by atoms with Gasteiger partial charge < -0.3 is 0 Å². The molecule has 1 aromatic rings. The third kappa shape index (κ3) is 2.45. The summed E-state index contributed by atoms with van der Waals surface area (Å²) < 4.78 is 22.4. The SMILES string of the molecule is NS(=O)(=O)c1cc(N=O)ccc1I. The molecule has 0 aliphatic carbocycles. The second kappa shape index (κ2) is 3.68. The zero-order chi connectivity index (χ0) is 10.1. The largest absolute Gasteiger partial charge is 0.239 e. The van der Waals surface area contributed by atoms with Crippen LogP contribution in [0.15, 0.2) is 28.3 Å². The summed E-state index contributed by atoms with van der Waals surface area (Å²) >= 11 is 1.82. The monoisotopic (exact) mass is 312 g/mol. The number of benzene rings is 1. The summed E-state index contributed by atoms with van der Waals surface area (Å²) in [5.74, 6) is 0. The Labute approximate surface area is 88.5 Å². The van der Waals surface area contributed by atoms with Crippen molar-refractivity contribution >= 4 is 38.3 Å². The molecular formula is C6H5IN2O3S. The highest BCUT2D eigenvalue weighted by molar-refractivity contribution is 14.1. The average molecular weight is 312 g/mol. The summed E-state index contributed by atoms with van der Waals surface area (Å²) in [6.07, 6.45) is 0. The second-order valence-electron chi connectivity index (χ2n) is 2.25. The van der Waals surface area contributed by atoms with E-state index in [-0.39, 0.29) is 10.6 Å². The maximum absolute atomic E-state index is 11.0. The Morgan fingerprint density at radius 1 is 1.38 bits per heavy atom. The van der Waals surface area contributed by atoms with Crippen LogP contribution in [0.1, 0.15) is 0 Å². The fraction of sp³-hybridized carbons (Fsp3) is 0. The Morgan fingerprint density at radius 2 is 2.00 bits per heavy atom. The van der Waals surface area contributed by atoms with Gasteiger partial charge in [0.1, 0.15) is 5.69 Å². The van der Waals surface area contributed by atoms with Crippen LogP contribution in [0.4, 0.5) is 5.69 Å². The fourth-order valence-electron chi connectivity index (χ4n) is 0.767. The maximum Gasteiger partial charge on any atom is 0.239 e. The van der Waals surface area contributed by atoms with Gasteiger partial charge in [-0.25, -0.2) is 13.6 Å². The van der Waals surface area contributed by atoms with E-state index in [9.17, 15) is 13.3 Å². The van der Waals surface area contributed by atoms with E-state index in [0.717, 1.165) is 6.07 Å². The van der Waals surface area contributed by atoms with Gasteiger partial charge in [0.2, 0.25) is 10.0 Å². The lowest BCUT2D eigenvalue weighted by Crippen LogP contribution is -2.13. The van der Waals surface area contributed by atoms with Crippen LogP contribution >= 0.6 is 22.6 Å².